The van der Waals surface area contributed by atoms with Gasteiger partial charge in [-0.1, -0.05) is 30.3 Å². The van der Waals surface area contributed by atoms with Gasteiger partial charge < -0.3 is 14.2 Å². The number of carbonyl (C=O) groups excluding carboxylic acids is 2. The third-order valence-corrected chi connectivity index (χ3v) is 3.43. The van der Waals surface area contributed by atoms with Crippen molar-refractivity contribution in [3.05, 3.63) is 65.7 Å². The van der Waals surface area contributed by atoms with Crippen LogP contribution in [-0.4, -0.2) is 38.9 Å². The number of esters is 1. The van der Waals surface area contributed by atoms with Gasteiger partial charge in [-0.2, -0.15) is 5.10 Å². The second kappa shape index (κ2) is 9.95. The molecule has 0 radical (unpaired) electrons. The third kappa shape index (κ3) is 5.71. The van der Waals surface area contributed by atoms with Crippen molar-refractivity contribution in [3.63, 3.8) is 0 Å². The number of hydrogen-bond donors (Lipinski definition) is 1. The Kier molecular flexibility index (Phi) is 7.32. The van der Waals surface area contributed by atoms with Crippen molar-refractivity contribution in [1.82, 2.24) is 5.43 Å². The van der Waals surface area contributed by atoms with Gasteiger partial charge in [0.1, 0.15) is 5.75 Å². The number of hydrazone groups is 1. The molecule has 1 unspecified atom stereocenters. The highest BCUT2D eigenvalue weighted by Gasteiger charge is 2.18. The normalized spacial score (nSPS) is 11.8. The highest BCUT2D eigenvalue weighted by atomic mass is 16.6. The molecular weight excluding hydrogens is 336 g/mol. The molecule has 1 N–H and O–H groups in total. The lowest BCUT2D eigenvalue weighted by molar-refractivity contribution is -0.142. The highest BCUT2D eigenvalue weighted by Crippen LogP contribution is 2.16. The summed E-state index contributed by atoms with van der Waals surface area (Å²) in [7, 11) is 2.76. The average Bonchev–Trinajstić information content (AvgIpc) is 2.68. The molecule has 0 aliphatic carbocycles. The Morgan fingerprint density at radius 1 is 1.08 bits per heavy atom. The van der Waals surface area contributed by atoms with Gasteiger partial charge in [0.05, 0.1) is 13.3 Å². The zero-order valence-electron chi connectivity index (χ0n) is 14.5. The first-order valence-electron chi connectivity index (χ1n) is 7.84. The van der Waals surface area contributed by atoms with E-state index < -0.39 is 12.1 Å². The number of benzene rings is 2. The summed E-state index contributed by atoms with van der Waals surface area (Å²) in [4.78, 5) is 23.2. The number of methoxy groups -OCH3 is 2. The van der Waals surface area contributed by atoms with Gasteiger partial charge in [-0.3, -0.25) is 4.79 Å². The Morgan fingerprint density at radius 2 is 1.77 bits per heavy atom. The second-order valence-corrected chi connectivity index (χ2v) is 5.19. The summed E-state index contributed by atoms with van der Waals surface area (Å²) in [6, 6.07) is 16.0. The van der Waals surface area contributed by atoms with Gasteiger partial charge in [-0.15, -0.1) is 0 Å². The monoisotopic (exact) mass is 356 g/mol. The number of ether oxygens (including phenoxy) is 3. The van der Waals surface area contributed by atoms with Crippen molar-refractivity contribution in [2.45, 2.75) is 6.10 Å². The molecule has 26 heavy (non-hydrogen) atoms. The van der Waals surface area contributed by atoms with Gasteiger partial charge in [0.15, 0.2) is 12.7 Å². The Bertz CT molecular complexity index is 744. The first-order valence-corrected chi connectivity index (χ1v) is 7.84. The molecule has 7 heteroatoms. The van der Waals surface area contributed by atoms with Crippen LogP contribution >= 0.6 is 0 Å². The Morgan fingerprint density at radius 3 is 2.38 bits per heavy atom. The maximum absolute atomic E-state index is 12.2. The third-order valence-electron chi connectivity index (χ3n) is 3.43. The summed E-state index contributed by atoms with van der Waals surface area (Å²) < 4.78 is 15.0. The van der Waals surface area contributed by atoms with Crippen LogP contribution in [0, 0.1) is 0 Å². The van der Waals surface area contributed by atoms with E-state index >= 15 is 0 Å². The largest absolute Gasteiger partial charge is 0.482 e. The molecule has 0 saturated carbocycles. The van der Waals surface area contributed by atoms with E-state index in [0.717, 1.165) is 11.1 Å². The first-order chi connectivity index (χ1) is 12.6. The lowest BCUT2D eigenvalue weighted by Crippen LogP contribution is -2.26. The standard InChI is InChI=1S/C19H20N2O5/c1-24-17(22)13-26-16-10-8-14(9-11-16)12-20-21-19(23)18(25-2)15-6-4-3-5-7-15/h3-12,18H,13H2,1-2H3,(H,21,23). The van der Waals surface area contributed by atoms with Crippen molar-refractivity contribution in [2.24, 2.45) is 5.10 Å². The fourth-order valence-electron chi connectivity index (χ4n) is 2.10. The van der Waals surface area contributed by atoms with E-state index in [0.29, 0.717) is 5.75 Å². The number of carbonyl (C=O) groups is 2. The molecule has 0 heterocycles. The van der Waals surface area contributed by atoms with E-state index in [9.17, 15) is 9.59 Å². The van der Waals surface area contributed by atoms with Crippen LogP contribution in [0.4, 0.5) is 0 Å². The van der Waals surface area contributed by atoms with E-state index in [1.54, 1.807) is 24.3 Å². The van der Waals surface area contributed by atoms with Crippen molar-refractivity contribution in [2.75, 3.05) is 20.8 Å². The van der Waals surface area contributed by atoms with Crippen LogP contribution in [0.1, 0.15) is 17.2 Å². The molecule has 2 aromatic carbocycles. The summed E-state index contributed by atoms with van der Waals surface area (Å²) in [5, 5.41) is 3.93. The van der Waals surface area contributed by atoms with E-state index in [4.69, 9.17) is 9.47 Å². The zero-order chi connectivity index (χ0) is 18.8. The molecule has 1 amide bonds. The average molecular weight is 356 g/mol. The summed E-state index contributed by atoms with van der Waals surface area (Å²) in [5.41, 5.74) is 3.96. The molecule has 0 aromatic heterocycles. The fraction of sp³-hybridized carbons (Fsp3) is 0.211. The first kappa shape index (κ1) is 19.1. The minimum atomic E-state index is -0.734. The quantitative estimate of drug-likeness (QED) is 0.445. The van der Waals surface area contributed by atoms with Crippen LogP contribution in [0.2, 0.25) is 0 Å². The minimum Gasteiger partial charge on any atom is -0.482 e. The number of hydrogen-bond acceptors (Lipinski definition) is 6. The van der Waals surface area contributed by atoms with Crippen molar-refractivity contribution < 1.29 is 23.8 Å². The van der Waals surface area contributed by atoms with Gasteiger partial charge in [-0.25, -0.2) is 10.2 Å². The van der Waals surface area contributed by atoms with Crippen molar-refractivity contribution in [3.8, 4) is 5.75 Å². The van der Waals surface area contributed by atoms with Crippen LogP contribution in [0.15, 0.2) is 59.7 Å². The topological polar surface area (TPSA) is 86.2 Å². The maximum Gasteiger partial charge on any atom is 0.343 e. The summed E-state index contributed by atoms with van der Waals surface area (Å²) in [6.07, 6.45) is 0.766. The maximum atomic E-state index is 12.2. The molecule has 0 fully saturated rings. The van der Waals surface area contributed by atoms with E-state index in [-0.39, 0.29) is 12.5 Å². The van der Waals surface area contributed by atoms with Crippen LogP contribution in [0.3, 0.4) is 0 Å². The van der Waals surface area contributed by atoms with Crippen LogP contribution in [0.5, 0.6) is 5.75 Å². The smallest absolute Gasteiger partial charge is 0.343 e. The highest BCUT2D eigenvalue weighted by molar-refractivity contribution is 5.85. The van der Waals surface area contributed by atoms with E-state index in [1.165, 1.54) is 20.4 Å². The number of nitrogens with zero attached hydrogens (tertiary/aromatic N) is 1. The number of amides is 1. The Balaban J connectivity index is 1.89. The lowest BCUT2D eigenvalue weighted by atomic mass is 10.1. The minimum absolute atomic E-state index is 0.155. The van der Waals surface area contributed by atoms with Crippen LogP contribution in [0.25, 0.3) is 0 Å². The summed E-state index contributed by atoms with van der Waals surface area (Å²) >= 11 is 0. The molecule has 7 nitrogen and oxygen atoms in total. The Hall–Kier alpha value is -3.19. The molecule has 0 bridgehead atoms. The molecule has 1 atom stereocenters. The van der Waals surface area contributed by atoms with Gasteiger partial charge in [0.25, 0.3) is 5.91 Å². The van der Waals surface area contributed by atoms with Crippen LogP contribution in [-0.2, 0) is 19.1 Å². The van der Waals surface area contributed by atoms with Crippen molar-refractivity contribution >= 4 is 18.1 Å². The van der Waals surface area contributed by atoms with E-state index in [1.807, 2.05) is 30.3 Å². The van der Waals surface area contributed by atoms with E-state index in [2.05, 4.69) is 15.3 Å². The molecule has 0 saturated heterocycles. The van der Waals surface area contributed by atoms with Crippen molar-refractivity contribution in [1.29, 1.82) is 0 Å². The zero-order valence-corrected chi connectivity index (χ0v) is 14.5. The predicted molar refractivity (Wildman–Crippen MR) is 95.9 cm³/mol. The Labute approximate surface area is 151 Å². The number of nitrogens with one attached hydrogen (secondary N) is 1. The van der Waals surface area contributed by atoms with Gasteiger partial charge in [0.2, 0.25) is 0 Å². The molecule has 0 aliphatic rings. The SMILES string of the molecule is COC(=O)COc1ccc(C=NNC(=O)C(OC)c2ccccc2)cc1. The molecule has 136 valence electrons. The molecule has 2 aromatic rings. The molecule has 0 spiro atoms. The molecule has 0 aliphatic heterocycles. The summed E-state index contributed by atoms with van der Waals surface area (Å²) in [6.45, 7) is -0.155. The predicted octanol–water partition coefficient (Wildman–Crippen LogP) is 2.08. The van der Waals surface area contributed by atoms with Gasteiger partial charge in [-0.05, 0) is 35.4 Å². The molecule has 2 rings (SSSR count). The summed E-state index contributed by atoms with van der Waals surface area (Å²) in [5.74, 6) is -0.294. The second-order valence-electron chi connectivity index (χ2n) is 5.19. The van der Waals surface area contributed by atoms with Crippen LogP contribution < -0.4 is 10.2 Å². The van der Waals surface area contributed by atoms with Gasteiger partial charge >= 0.3 is 5.97 Å². The van der Waals surface area contributed by atoms with Gasteiger partial charge in [0, 0.05) is 7.11 Å². The fourth-order valence-corrected chi connectivity index (χ4v) is 2.10. The molecular formula is C19H20N2O5. The number of rotatable bonds is 8. The lowest BCUT2D eigenvalue weighted by Gasteiger charge is -2.13.